The Morgan fingerprint density at radius 1 is 1.44 bits per heavy atom. The molecule has 0 saturated heterocycles. The molecule has 1 unspecified atom stereocenters. The molecular formula is C13H22N2O. The van der Waals surface area contributed by atoms with Gasteiger partial charge in [0, 0.05) is 12.2 Å². The SMILES string of the molecule is Cc1ncn(CC(O)CC2CCCC2)c1C. The van der Waals surface area contributed by atoms with Gasteiger partial charge in [-0.25, -0.2) is 4.98 Å². The molecule has 1 aromatic rings. The van der Waals surface area contributed by atoms with Crippen molar-refractivity contribution in [3.05, 3.63) is 17.7 Å². The van der Waals surface area contributed by atoms with Crippen LogP contribution in [-0.4, -0.2) is 20.8 Å². The minimum absolute atomic E-state index is 0.213. The molecular weight excluding hydrogens is 200 g/mol. The molecule has 1 aliphatic rings. The molecule has 1 fully saturated rings. The first-order chi connectivity index (χ1) is 7.66. The molecule has 3 nitrogen and oxygen atoms in total. The minimum atomic E-state index is -0.213. The van der Waals surface area contributed by atoms with Gasteiger partial charge >= 0.3 is 0 Å². The van der Waals surface area contributed by atoms with Crippen molar-refractivity contribution < 1.29 is 5.11 Å². The van der Waals surface area contributed by atoms with Crippen LogP contribution in [0.4, 0.5) is 0 Å². The number of nitrogens with zero attached hydrogens (tertiary/aromatic N) is 2. The number of aryl methyl sites for hydroxylation is 1. The highest BCUT2D eigenvalue weighted by Gasteiger charge is 2.19. The molecule has 1 aliphatic carbocycles. The van der Waals surface area contributed by atoms with E-state index in [2.05, 4.69) is 16.5 Å². The number of rotatable bonds is 4. The zero-order chi connectivity index (χ0) is 11.5. The second-order valence-corrected chi connectivity index (χ2v) is 5.11. The van der Waals surface area contributed by atoms with Gasteiger partial charge in [0.05, 0.1) is 18.1 Å². The third kappa shape index (κ3) is 2.64. The Kier molecular flexibility index (Phi) is 3.64. The van der Waals surface area contributed by atoms with Crippen LogP contribution >= 0.6 is 0 Å². The maximum Gasteiger partial charge on any atom is 0.0952 e. The van der Waals surface area contributed by atoms with Gasteiger partial charge in [-0.15, -0.1) is 0 Å². The van der Waals surface area contributed by atoms with Gasteiger partial charge in [-0.3, -0.25) is 0 Å². The Labute approximate surface area is 97.5 Å². The van der Waals surface area contributed by atoms with E-state index in [0.717, 1.165) is 18.0 Å². The lowest BCUT2D eigenvalue weighted by Gasteiger charge is -2.16. The Morgan fingerprint density at radius 3 is 2.69 bits per heavy atom. The van der Waals surface area contributed by atoms with Crippen LogP contribution in [0.1, 0.15) is 43.5 Å². The van der Waals surface area contributed by atoms with E-state index in [-0.39, 0.29) is 6.10 Å². The van der Waals surface area contributed by atoms with Crippen molar-refractivity contribution >= 4 is 0 Å². The Balaban J connectivity index is 1.86. The first-order valence-electron chi connectivity index (χ1n) is 6.33. The van der Waals surface area contributed by atoms with Crippen LogP contribution in [-0.2, 0) is 6.54 Å². The van der Waals surface area contributed by atoms with Crippen LogP contribution in [0.2, 0.25) is 0 Å². The van der Waals surface area contributed by atoms with Gasteiger partial charge in [-0.2, -0.15) is 0 Å². The van der Waals surface area contributed by atoms with Gasteiger partial charge in [0.1, 0.15) is 0 Å². The van der Waals surface area contributed by atoms with E-state index >= 15 is 0 Å². The third-order valence-corrected chi connectivity index (χ3v) is 3.83. The van der Waals surface area contributed by atoms with Crippen molar-refractivity contribution in [1.82, 2.24) is 9.55 Å². The van der Waals surface area contributed by atoms with Gasteiger partial charge in [0.15, 0.2) is 0 Å². The Morgan fingerprint density at radius 2 is 2.12 bits per heavy atom. The van der Waals surface area contributed by atoms with Crippen molar-refractivity contribution in [3.63, 3.8) is 0 Å². The molecule has 0 aliphatic heterocycles. The summed E-state index contributed by atoms with van der Waals surface area (Å²) in [6.45, 7) is 4.77. The first kappa shape index (κ1) is 11.6. The van der Waals surface area contributed by atoms with E-state index in [1.54, 1.807) is 0 Å². The average Bonchev–Trinajstić information content (AvgIpc) is 2.83. The fraction of sp³-hybridized carbons (Fsp3) is 0.769. The van der Waals surface area contributed by atoms with E-state index in [4.69, 9.17) is 0 Å². The van der Waals surface area contributed by atoms with Crippen LogP contribution in [0.5, 0.6) is 0 Å². The summed E-state index contributed by atoms with van der Waals surface area (Å²) in [5.74, 6) is 0.750. The molecule has 3 heteroatoms. The number of aliphatic hydroxyl groups is 1. The lowest BCUT2D eigenvalue weighted by molar-refractivity contribution is 0.124. The molecule has 2 rings (SSSR count). The highest BCUT2D eigenvalue weighted by Crippen LogP contribution is 2.28. The van der Waals surface area contributed by atoms with Gasteiger partial charge < -0.3 is 9.67 Å². The lowest BCUT2D eigenvalue weighted by Crippen LogP contribution is -2.19. The van der Waals surface area contributed by atoms with Gasteiger partial charge in [0.2, 0.25) is 0 Å². The van der Waals surface area contributed by atoms with Crippen LogP contribution in [0.15, 0.2) is 6.33 Å². The predicted octanol–water partition coefficient (Wildman–Crippen LogP) is 2.44. The van der Waals surface area contributed by atoms with E-state index in [1.807, 2.05) is 13.3 Å². The largest absolute Gasteiger partial charge is 0.391 e. The van der Waals surface area contributed by atoms with Crippen LogP contribution in [0.25, 0.3) is 0 Å². The molecule has 0 bridgehead atoms. The smallest absolute Gasteiger partial charge is 0.0952 e. The number of aromatic nitrogens is 2. The highest BCUT2D eigenvalue weighted by molar-refractivity contribution is 5.08. The quantitative estimate of drug-likeness (QED) is 0.849. The summed E-state index contributed by atoms with van der Waals surface area (Å²) < 4.78 is 2.06. The number of imidazole rings is 1. The zero-order valence-corrected chi connectivity index (χ0v) is 10.3. The molecule has 0 radical (unpaired) electrons. The third-order valence-electron chi connectivity index (χ3n) is 3.83. The molecule has 1 heterocycles. The fourth-order valence-corrected chi connectivity index (χ4v) is 2.66. The molecule has 1 saturated carbocycles. The van der Waals surface area contributed by atoms with Crippen molar-refractivity contribution in [3.8, 4) is 0 Å². The van der Waals surface area contributed by atoms with Crippen LogP contribution in [0.3, 0.4) is 0 Å². The second kappa shape index (κ2) is 5.00. The molecule has 16 heavy (non-hydrogen) atoms. The summed E-state index contributed by atoms with van der Waals surface area (Å²) in [4.78, 5) is 4.25. The summed E-state index contributed by atoms with van der Waals surface area (Å²) in [5.41, 5.74) is 2.23. The number of aliphatic hydroxyl groups excluding tert-OH is 1. The maximum atomic E-state index is 10.0. The first-order valence-corrected chi connectivity index (χ1v) is 6.33. The molecule has 0 aromatic carbocycles. The van der Waals surface area contributed by atoms with Crippen molar-refractivity contribution in [2.24, 2.45) is 5.92 Å². The minimum Gasteiger partial charge on any atom is -0.391 e. The van der Waals surface area contributed by atoms with Crippen LogP contribution in [0, 0.1) is 19.8 Å². The van der Waals surface area contributed by atoms with Gasteiger partial charge in [-0.05, 0) is 26.2 Å². The summed E-state index contributed by atoms with van der Waals surface area (Å²) in [6, 6.07) is 0. The van der Waals surface area contributed by atoms with E-state index in [9.17, 15) is 5.11 Å². The van der Waals surface area contributed by atoms with Crippen molar-refractivity contribution in [2.45, 2.75) is 58.6 Å². The number of hydrogen-bond acceptors (Lipinski definition) is 2. The van der Waals surface area contributed by atoms with E-state index in [1.165, 1.54) is 31.4 Å². The second-order valence-electron chi connectivity index (χ2n) is 5.11. The molecule has 1 aromatic heterocycles. The highest BCUT2D eigenvalue weighted by atomic mass is 16.3. The molecule has 0 spiro atoms. The van der Waals surface area contributed by atoms with Crippen LogP contribution < -0.4 is 0 Å². The monoisotopic (exact) mass is 222 g/mol. The average molecular weight is 222 g/mol. The Bertz CT molecular complexity index is 340. The van der Waals surface area contributed by atoms with Gasteiger partial charge in [0.25, 0.3) is 0 Å². The van der Waals surface area contributed by atoms with Crippen molar-refractivity contribution in [2.75, 3.05) is 0 Å². The topological polar surface area (TPSA) is 38.0 Å². The molecule has 0 amide bonds. The van der Waals surface area contributed by atoms with Crippen molar-refractivity contribution in [1.29, 1.82) is 0 Å². The number of hydrogen-bond donors (Lipinski definition) is 1. The van der Waals surface area contributed by atoms with Gasteiger partial charge in [-0.1, -0.05) is 25.7 Å². The molecule has 1 N–H and O–H groups in total. The summed E-state index contributed by atoms with van der Waals surface area (Å²) >= 11 is 0. The summed E-state index contributed by atoms with van der Waals surface area (Å²) in [5, 5.41) is 10.0. The zero-order valence-electron chi connectivity index (χ0n) is 10.3. The summed E-state index contributed by atoms with van der Waals surface area (Å²) in [6.07, 6.45) is 7.88. The molecule has 1 atom stereocenters. The summed E-state index contributed by atoms with van der Waals surface area (Å²) in [7, 11) is 0. The Hall–Kier alpha value is -0.830. The van der Waals surface area contributed by atoms with E-state index in [0.29, 0.717) is 6.54 Å². The van der Waals surface area contributed by atoms with E-state index < -0.39 is 0 Å². The normalized spacial score (nSPS) is 19.2. The predicted molar refractivity (Wildman–Crippen MR) is 64.3 cm³/mol. The maximum absolute atomic E-state index is 10.0. The lowest BCUT2D eigenvalue weighted by atomic mass is 10.00. The fourth-order valence-electron chi connectivity index (χ4n) is 2.66. The standard InChI is InChI=1S/C13H22N2O/c1-10-11(2)15(9-14-10)8-13(16)7-12-5-3-4-6-12/h9,12-13,16H,3-8H2,1-2H3. The molecule has 90 valence electrons.